The van der Waals surface area contributed by atoms with Crippen LogP contribution in [0.5, 0.6) is 0 Å². The van der Waals surface area contributed by atoms with Crippen molar-refractivity contribution in [1.82, 2.24) is 19.9 Å². The van der Waals surface area contributed by atoms with Gasteiger partial charge < -0.3 is 9.80 Å². The second-order valence-electron chi connectivity index (χ2n) is 6.05. The zero-order valence-electron chi connectivity index (χ0n) is 12.4. The lowest BCUT2D eigenvalue weighted by Gasteiger charge is -2.22. The van der Waals surface area contributed by atoms with Gasteiger partial charge in [-0.3, -0.25) is 0 Å². The molecule has 0 N–H and O–H groups in total. The molecule has 0 spiro atoms. The van der Waals surface area contributed by atoms with Crippen molar-refractivity contribution in [2.24, 2.45) is 11.8 Å². The van der Waals surface area contributed by atoms with Gasteiger partial charge in [-0.1, -0.05) is 0 Å². The molecule has 4 rings (SSSR count). The SMILES string of the molecule is Cc1cc(N2CC3CN(c4ncc(F)cn4)CC3C2)ncn1. The number of anilines is 2. The standard InChI is InChI=1S/C15H17FN6/c1-10-2-14(20-9-19-10)21-5-11-7-22(8-12(11)6-21)15-17-3-13(16)4-18-15/h2-4,9,11-12H,5-8H2,1H3. The van der Waals surface area contributed by atoms with Crippen LogP contribution in [-0.4, -0.2) is 46.1 Å². The van der Waals surface area contributed by atoms with Crippen LogP contribution in [0.3, 0.4) is 0 Å². The van der Waals surface area contributed by atoms with Crippen LogP contribution in [0.1, 0.15) is 5.69 Å². The van der Waals surface area contributed by atoms with Gasteiger partial charge in [0.25, 0.3) is 0 Å². The maximum Gasteiger partial charge on any atom is 0.225 e. The van der Waals surface area contributed by atoms with Gasteiger partial charge in [-0.2, -0.15) is 0 Å². The average Bonchev–Trinajstić information content (AvgIpc) is 3.06. The van der Waals surface area contributed by atoms with E-state index in [1.54, 1.807) is 6.33 Å². The Bertz CT molecular complexity index is 662. The van der Waals surface area contributed by atoms with Gasteiger partial charge in [-0.25, -0.2) is 24.3 Å². The molecule has 2 aromatic rings. The first-order chi connectivity index (χ1) is 10.7. The third-order valence-corrected chi connectivity index (χ3v) is 4.49. The maximum atomic E-state index is 12.9. The molecule has 2 fully saturated rings. The van der Waals surface area contributed by atoms with E-state index in [0.29, 0.717) is 17.8 Å². The van der Waals surface area contributed by atoms with E-state index in [1.165, 1.54) is 12.4 Å². The molecule has 2 saturated heterocycles. The predicted molar refractivity (Wildman–Crippen MR) is 80.2 cm³/mol. The van der Waals surface area contributed by atoms with Gasteiger partial charge in [-0.05, 0) is 6.92 Å². The van der Waals surface area contributed by atoms with E-state index in [4.69, 9.17) is 0 Å². The fraction of sp³-hybridized carbons (Fsp3) is 0.467. The molecule has 2 aromatic heterocycles. The predicted octanol–water partition coefficient (Wildman–Crippen LogP) is 1.29. The topological polar surface area (TPSA) is 58.0 Å². The molecule has 0 aliphatic carbocycles. The molecule has 0 radical (unpaired) electrons. The molecular formula is C15H17FN6. The molecule has 22 heavy (non-hydrogen) atoms. The van der Waals surface area contributed by atoms with Crippen molar-refractivity contribution in [2.45, 2.75) is 6.92 Å². The average molecular weight is 300 g/mol. The van der Waals surface area contributed by atoms with Crippen LogP contribution in [0.4, 0.5) is 16.2 Å². The summed E-state index contributed by atoms with van der Waals surface area (Å²) >= 11 is 0. The summed E-state index contributed by atoms with van der Waals surface area (Å²) in [5.41, 5.74) is 0.989. The zero-order chi connectivity index (χ0) is 15.1. The highest BCUT2D eigenvalue weighted by atomic mass is 19.1. The monoisotopic (exact) mass is 300 g/mol. The third kappa shape index (κ3) is 2.36. The smallest absolute Gasteiger partial charge is 0.225 e. The third-order valence-electron chi connectivity index (χ3n) is 4.49. The normalized spacial score (nSPS) is 23.9. The molecule has 4 heterocycles. The lowest BCUT2D eigenvalue weighted by atomic mass is 10.0. The summed E-state index contributed by atoms with van der Waals surface area (Å²) in [6.45, 7) is 5.78. The summed E-state index contributed by atoms with van der Waals surface area (Å²) in [5.74, 6) is 2.38. The van der Waals surface area contributed by atoms with Crippen molar-refractivity contribution < 1.29 is 4.39 Å². The minimum absolute atomic E-state index is 0.395. The second kappa shape index (κ2) is 5.15. The molecule has 2 aliphatic rings. The number of rotatable bonds is 2. The summed E-state index contributed by atoms with van der Waals surface area (Å²) in [5, 5.41) is 0. The largest absolute Gasteiger partial charge is 0.356 e. The number of fused-ring (bicyclic) bond motifs is 1. The van der Waals surface area contributed by atoms with Crippen LogP contribution >= 0.6 is 0 Å². The first-order valence-corrected chi connectivity index (χ1v) is 7.45. The summed E-state index contributed by atoms with van der Waals surface area (Å²) in [7, 11) is 0. The highest BCUT2D eigenvalue weighted by Gasteiger charge is 2.41. The van der Waals surface area contributed by atoms with Crippen molar-refractivity contribution in [3.8, 4) is 0 Å². The highest BCUT2D eigenvalue weighted by Crippen LogP contribution is 2.34. The fourth-order valence-electron chi connectivity index (χ4n) is 3.43. The van der Waals surface area contributed by atoms with E-state index in [-0.39, 0.29) is 0 Å². The van der Waals surface area contributed by atoms with Crippen LogP contribution in [0.15, 0.2) is 24.8 Å². The lowest BCUT2D eigenvalue weighted by molar-refractivity contribution is 0.533. The molecule has 6 nitrogen and oxygen atoms in total. The summed E-state index contributed by atoms with van der Waals surface area (Å²) in [6.07, 6.45) is 4.08. The summed E-state index contributed by atoms with van der Waals surface area (Å²) in [6, 6.07) is 2.03. The van der Waals surface area contributed by atoms with Crippen LogP contribution < -0.4 is 9.80 Å². The number of hydrogen-bond acceptors (Lipinski definition) is 6. The van der Waals surface area contributed by atoms with E-state index < -0.39 is 5.82 Å². The van der Waals surface area contributed by atoms with E-state index >= 15 is 0 Å². The van der Waals surface area contributed by atoms with Crippen molar-refractivity contribution in [3.05, 3.63) is 36.3 Å². The number of aryl methyl sites for hydroxylation is 1. The van der Waals surface area contributed by atoms with Gasteiger partial charge >= 0.3 is 0 Å². The Balaban J connectivity index is 1.45. The maximum absolute atomic E-state index is 12.9. The first-order valence-electron chi connectivity index (χ1n) is 7.45. The molecule has 0 bridgehead atoms. The van der Waals surface area contributed by atoms with E-state index in [2.05, 4.69) is 29.7 Å². The van der Waals surface area contributed by atoms with Crippen LogP contribution in [0.25, 0.3) is 0 Å². The molecule has 2 unspecified atom stereocenters. The second-order valence-corrected chi connectivity index (χ2v) is 6.05. The molecule has 2 atom stereocenters. The highest BCUT2D eigenvalue weighted by molar-refractivity contribution is 5.42. The number of nitrogens with zero attached hydrogens (tertiary/aromatic N) is 6. The van der Waals surface area contributed by atoms with Crippen LogP contribution in [-0.2, 0) is 0 Å². The van der Waals surface area contributed by atoms with E-state index in [9.17, 15) is 4.39 Å². The molecule has 0 amide bonds. The Morgan fingerprint density at radius 1 is 0.955 bits per heavy atom. The molecule has 0 saturated carbocycles. The minimum Gasteiger partial charge on any atom is -0.356 e. The van der Waals surface area contributed by atoms with Crippen molar-refractivity contribution in [3.63, 3.8) is 0 Å². The Labute approximate surface area is 128 Å². The van der Waals surface area contributed by atoms with Gasteiger partial charge in [0, 0.05) is 49.8 Å². The van der Waals surface area contributed by atoms with Crippen molar-refractivity contribution in [2.75, 3.05) is 36.0 Å². The van der Waals surface area contributed by atoms with Gasteiger partial charge in [0.2, 0.25) is 5.95 Å². The van der Waals surface area contributed by atoms with E-state index in [0.717, 1.165) is 37.7 Å². The van der Waals surface area contributed by atoms with Crippen molar-refractivity contribution >= 4 is 11.8 Å². The van der Waals surface area contributed by atoms with Gasteiger partial charge in [0.1, 0.15) is 12.1 Å². The Morgan fingerprint density at radius 3 is 2.23 bits per heavy atom. The summed E-state index contributed by atoms with van der Waals surface area (Å²) < 4.78 is 12.9. The number of halogens is 1. The lowest BCUT2D eigenvalue weighted by Crippen LogP contribution is -2.30. The van der Waals surface area contributed by atoms with E-state index in [1.807, 2.05) is 13.0 Å². The fourth-order valence-corrected chi connectivity index (χ4v) is 3.43. The van der Waals surface area contributed by atoms with Gasteiger partial charge in [0.15, 0.2) is 5.82 Å². The van der Waals surface area contributed by atoms with Gasteiger partial charge in [0.05, 0.1) is 12.4 Å². The van der Waals surface area contributed by atoms with Crippen molar-refractivity contribution in [1.29, 1.82) is 0 Å². The molecule has 2 aliphatic heterocycles. The molecular weight excluding hydrogens is 283 g/mol. The number of aromatic nitrogens is 4. The molecule has 114 valence electrons. The quantitative estimate of drug-likeness (QED) is 0.833. The Kier molecular flexibility index (Phi) is 3.13. The molecule has 0 aromatic carbocycles. The number of hydrogen-bond donors (Lipinski definition) is 0. The van der Waals surface area contributed by atoms with Gasteiger partial charge in [-0.15, -0.1) is 0 Å². The summed E-state index contributed by atoms with van der Waals surface area (Å²) in [4.78, 5) is 21.2. The molecule has 7 heteroatoms. The Morgan fingerprint density at radius 2 is 1.59 bits per heavy atom. The Hall–Kier alpha value is -2.31. The van der Waals surface area contributed by atoms with Crippen LogP contribution in [0.2, 0.25) is 0 Å². The minimum atomic E-state index is -0.395. The zero-order valence-corrected chi connectivity index (χ0v) is 12.4. The first kappa shape index (κ1) is 13.4. The van der Waals surface area contributed by atoms with Crippen LogP contribution in [0, 0.1) is 24.6 Å².